The number of rotatable bonds is 5. The van der Waals surface area contributed by atoms with Gasteiger partial charge in [0.25, 0.3) is 0 Å². The maximum atomic E-state index is 7.91. The molecule has 25 heavy (non-hydrogen) atoms. The molecule has 3 rings (SSSR count). The molecule has 5 heteroatoms. The maximum absolute atomic E-state index is 7.91. The third-order valence-corrected chi connectivity index (χ3v) is 3.82. The Morgan fingerprint density at radius 1 is 1.00 bits per heavy atom. The number of anilines is 2. The molecule has 3 aromatic rings. The third-order valence-electron chi connectivity index (χ3n) is 3.82. The predicted octanol–water partition coefficient (Wildman–Crippen LogP) is 3.71. The summed E-state index contributed by atoms with van der Waals surface area (Å²) in [6.07, 6.45) is 0.693. The highest BCUT2D eigenvalue weighted by atomic mass is 16.5. The molecule has 0 aliphatic carbocycles. The Bertz CT molecular complexity index is 847. The number of hydrogen-bond donors (Lipinski definition) is 2. The van der Waals surface area contributed by atoms with Crippen LogP contribution in [0.2, 0.25) is 0 Å². The van der Waals surface area contributed by atoms with Gasteiger partial charge in [0, 0.05) is 12.1 Å². The van der Waals surface area contributed by atoms with Crippen LogP contribution in [0.25, 0.3) is 0 Å². The van der Waals surface area contributed by atoms with Crippen molar-refractivity contribution in [3.8, 4) is 5.75 Å². The summed E-state index contributed by atoms with van der Waals surface area (Å²) in [6.45, 7) is 0. The molecule has 0 aliphatic heterocycles. The van der Waals surface area contributed by atoms with Crippen molar-refractivity contribution in [2.24, 2.45) is 5.73 Å². The van der Waals surface area contributed by atoms with E-state index in [4.69, 9.17) is 15.9 Å². The van der Waals surface area contributed by atoms with Crippen molar-refractivity contribution in [3.05, 3.63) is 84.1 Å². The minimum absolute atomic E-state index is 0.0692. The van der Waals surface area contributed by atoms with Crippen LogP contribution in [0.5, 0.6) is 5.75 Å². The Labute approximate surface area is 147 Å². The molecular weight excluding hydrogens is 312 g/mol. The number of guanidine groups is 1. The van der Waals surface area contributed by atoms with Crippen LogP contribution in [-0.2, 0) is 6.42 Å². The van der Waals surface area contributed by atoms with E-state index in [-0.39, 0.29) is 5.96 Å². The molecule has 3 N–H and O–H groups in total. The van der Waals surface area contributed by atoms with Gasteiger partial charge >= 0.3 is 0 Å². The van der Waals surface area contributed by atoms with E-state index in [1.54, 1.807) is 12.0 Å². The molecule has 0 radical (unpaired) electrons. The zero-order valence-corrected chi connectivity index (χ0v) is 14.0. The van der Waals surface area contributed by atoms with Crippen LogP contribution in [0.3, 0.4) is 0 Å². The zero-order valence-electron chi connectivity index (χ0n) is 14.0. The third kappa shape index (κ3) is 3.95. The largest absolute Gasteiger partial charge is 0.497 e. The fourth-order valence-electron chi connectivity index (χ4n) is 2.61. The highest BCUT2D eigenvalue weighted by Gasteiger charge is 2.14. The van der Waals surface area contributed by atoms with Gasteiger partial charge in [-0.3, -0.25) is 10.3 Å². The molecule has 0 saturated carbocycles. The van der Waals surface area contributed by atoms with E-state index in [0.29, 0.717) is 12.2 Å². The normalized spacial score (nSPS) is 10.3. The van der Waals surface area contributed by atoms with E-state index in [9.17, 15) is 0 Å². The number of para-hydroxylation sites is 1. The Morgan fingerprint density at radius 2 is 1.72 bits per heavy atom. The second-order valence-electron chi connectivity index (χ2n) is 5.57. The maximum Gasteiger partial charge on any atom is 0.198 e. The average molecular weight is 332 g/mol. The number of hydrogen-bond acceptors (Lipinski definition) is 3. The van der Waals surface area contributed by atoms with Crippen molar-refractivity contribution in [3.63, 3.8) is 0 Å². The second-order valence-corrected chi connectivity index (χ2v) is 5.57. The summed E-state index contributed by atoms with van der Waals surface area (Å²) >= 11 is 0. The molecule has 0 fully saturated rings. The Kier molecular flexibility index (Phi) is 4.95. The molecule has 0 unspecified atom stereocenters. The second kappa shape index (κ2) is 7.49. The fourth-order valence-corrected chi connectivity index (χ4v) is 2.61. The van der Waals surface area contributed by atoms with Gasteiger partial charge in [0.2, 0.25) is 0 Å². The van der Waals surface area contributed by atoms with E-state index in [2.05, 4.69) is 4.98 Å². The number of nitrogens with one attached hydrogen (secondary N) is 1. The van der Waals surface area contributed by atoms with Crippen molar-refractivity contribution in [1.29, 1.82) is 5.41 Å². The van der Waals surface area contributed by atoms with Crippen molar-refractivity contribution >= 4 is 17.5 Å². The molecule has 0 aliphatic rings. The van der Waals surface area contributed by atoms with Gasteiger partial charge < -0.3 is 10.5 Å². The van der Waals surface area contributed by atoms with Gasteiger partial charge in [-0.05, 0) is 42.0 Å². The first-order valence-electron chi connectivity index (χ1n) is 7.95. The van der Waals surface area contributed by atoms with Crippen molar-refractivity contribution in [2.45, 2.75) is 6.42 Å². The summed E-state index contributed by atoms with van der Waals surface area (Å²) < 4.78 is 5.19. The minimum atomic E-state index is -0.0692. The number of nitrogens with two attached hydrogens (primary N) is 1. The number of pyridine rings is 1. The molecule has 2 aromatic carbocycles. The summed E-state index contributed by atoms with van der Waals surface area (Å²) in [6, 6.07) is 23.2. The van der Waals surface area contributed by atoms with Gasteiger partial charge in [-0.1, -0.05) is 36.4 Å². The summed E-state index contributed by atoms with van der Waals surface area (Å²) in [5.74, 6) is 1.39. The zero-order chi connectivity index (χ0) is 17.6. The lowest BCUT2D eigenvalue weighted by Gasteiger charge is -2.22. The van der Waals surface area contributed by atoms with Crippen LogP contribution in [0, 0.1) is 5.41 Å². The van der Waals surface area contributed by atoms with E-state index >= 15 is 0 Å². The molecule has 0 atom stereocenters. The van der Waals surface area contributed by atoms with Crippen LogP contribution < -0.4 is 15.4 Å². The van der Waals surface area contributed by atoms with Crippen molar-refractivity contribution in [2.75, 3.05) is 12.0 Å². The number of benzene rings is 2. The summed E-state index contributed by atoms with van der Waals surface area (Å²) in [7, 11) is 1.65. The lowest BCUT2D eigenvalue weighted by Crippen LogP contribution is -2.33. The number of ether oxygens (including phenoxy) is 1. The molecule has 0 saturated heterocycles. The molecule has 0 bridgehead atoms. The average Bonchev–Trinajstić information content (AvgIpc) is 2.63. The lowest BCUT2D eigenvalue weighted by atomic mass is 10.1. The molecule has 0 spiro atoms. The molecule has 1 aromatic heterocycles. The molecule has 5 nitrogen and oxygen atoms in total. The standard InChI is InChI=1S/C20H20N4O/c1-25-18-12-10-15(11-13-18)14-16-6-5-9-19(23-16)24(20(21)22)17-7-3-2-4-8-17/h2-13H,14H2,1H3,(H3,21,22). The Balaban J connectivity index is 1.88. The minimum Gasteiger partial charge on any atom is -0.497 e. The number of aromatic nitrogens is 1. The number of nitrogens with zero attached hydrogens (tertiary/aromatic N) is 2. The monoisotopic (exact) mass is 332 g/mol. The van der Waals surface area contributed by atoms with E-state index < -0.39 is 0 Å². The fraction of sp³-hybridized carbons (Fsp3) is 0.100. The number of methoxy groups -OCH3 is 1. The Morgan fingerprint density at radius 3 is 2.36 bits per heavy atom. The van der Waals surface area contributed by atoms with E-state index in [1.165, 1.54) is 0 Å². The molecule has 1 heterocycles. The van der Waals surface area contributed by atoms with E-state index in [0.717, 1.165) is 22.7 Å². The SMILES string of the molecule is COc1ccc(Cc2cccc(N(C(=N)N)c3ccccc3)n2)cc1. The Hall–Kier alpha value is -3.34. The molecular formula is C20H20N4O. The summed E-state index contributed by atoms with van der Waals surface area (Å²) in [5, 5.41) is 7.91. The van der Waals surface area contributed by atoms with Gasteiger partial charge in [-0.2, -0.15) is 0 Å². The summed E-state index contributed by atoms with van der Waals surface area (Å²) in [5.41, 5.74) is 8.65. The van der Waals surface area contributed by atoms with Crippen LogP contribution in [0.4, 0.5) is 11.5 Å². The van der Waals surface area contributed by atoms with Crippen LogP contribution in [0.15, 0.2) is 72.8 Å². The molecule has 0 amide bonds. The van der Waals surface area contributed by atoms with Gasteiger partial charge in [0.1, 0.15) is 11.6 Å². The van der Waals surface area contributed by atoms with Gasteiger partial charge in [0.05, 0.1) is 12.8 Å². The first-order chi connectivity index (χ1) is 12.2. The highest BCUT2D eigenvalue weighted by molar-refractivity contribution is 5.98. The van der Waals surface area contributed by atoms with Crippen LogP contribution in [-0.4, -0.2) is 18.1 Å². The quantitative estimate of drug-likeness (QED) is 0.552. The van der Waals surface area contributed by atoms with Gasteiger partial charge in [0.15, 0.2) is 5.96 Å². The van der Waals surface area contributed by atoms with Crippen molar-refractivity contribution < 1.29 is 4.74 Å². The van der Waals surface area contributed by atoms with E-state index in [1.807, 2.05) is 72.8 Å². The first kappa shape index (κ1) is 16.5. The highest BCUT2D eigenvalue weighted by Crippen LogP contribution is 2.23. The van der Waals surface area contributed by atoms with Crippen LogP contribution in [0.1, 0.15) is 11.3 Å². The smallest absolute Gasteiger partial charge is 0.198 e. The lowest BCUT2D eigenvalue weighted by molar-refractivity contribution is 0.414. The summed E-state index contributed by atoms with van der Waals surface area (Å²) in [4.78, 5) is 6.30. The van der Waals surface area contributed by atoms with Crippen molar-refractivity contribution in [1.82, 2.24) is 4.98 Å². The van der Waals surface area contributed by atoms with Gasteiger partial charge in [-0.25, -0.2) is 4.98 Å². The molecule has 126 valence electrons. The predicted molar refractivity (Wildman–Crippen MR) is 101 cm³/mol. The van der Waals surface area contributed by atoms with Crippen LogP contribution >= 0.6 is 0 Å². The topological polar surface area (TPSA) is 75.2 Å². The van der Waals surface area contributed by atoms with Gasteiger partial charge in [-0.15, -0.1) is 0 Å². The first-order valence-corrected chi connectivity index (χ1v) is 7.95.